The lowest BCUT2D eigenvalue weighted by atomic mass is 10.0. The van der Waals surface area contributed by atoms with E-state index in [1.54, 1.807) is 6.07 Å². The van der Waals surface area contributed by atoms with Gasteiger partial charge in [0.15, 0.2) is 0 Å². The molecule has 0 amide bonds. The average molecular weight is 286 g/mol. The third kappa shape index (κ3) is 4.11. The Morgan fingerprint density at radius 1 is 1.32 bits per heavy atom. The van der Waals surface area contributed by atoms with E-state index in [0.717, 1.165) is 12.8 Å². The number of sulfonamides is 1. The summed E-state index contributed by atoms with van der Waals surface area (Å²) in [6.07, 6.45) is 1.88. The van der Waals surface area contributed by atoms with Gasteiger partial charge in [-0.2, -0.15) is 0 Å². The number of nitrogens with one attached hydrogen (secondary N) is 1. The Labute approximate surface area is 115 Å². The van der Waals surface area contributed by atoms with Gasteiger partial charge in [-0.3, -0.25) is 0 Å². The van der Waals surface area contributed by atoms with Gasteiger partial charge >= 0.3 is 0 Å². The number of hydrogen-bond acceptors (Lipinski definition) is 4. The van der Waals surface area contributed by atoms with Crippen molar-refractivity contribution in [2.75, 3.05) is 19.4 Å². The standard InChI is InChI=1S/C13H22N2O3S/c1-4-10(5-2)9-15-19(16,17)13-7-6-11(14)8-12(13)18-3/h6-8,10,15H,4-5,9,14H2,1-3H3. The van der Waals surface area contributed by atoms with Gasteiger partial charge in [0.1, 0.15) is 10.6 Å². The summed E-state index contributed by atoms with van der Waals surface area (Å²) in [6, 6.07) is 4.52. The number of methoxy groups -OCH3 is 1. The van der Waals surface area contributed by atoms with Gasteiger partial charge in [0.25, 0.3) is 0 Å². The van der Waals surface area contributed by atoms with Crippen LogP contribution in [0.15, 0.2) is 23.1 Å². The second-order valence-electron chi connectivity index (χ2n) is 4.44. The second-order valence-corrected chi connectivity index (χ2v) is 6.18. The zero-order chi connectivity index (χ0) is 14.5. The summed E-state index contributed by atoms with van der Waals surface area (Å²) in [5, 5.41) is 0. The third-order valence-electron chi connectivity index (χ3n) is 3.19. The van der Waals surface area contributed by atoms with Gasteiger partial charge in [-0.1, -0.05) is 26.7 Å². The smallest absolute Gasteiger partial charge is 0.244 e. The van der Waals surface area contributed by atoms with Gasteiger partial charge in [0.05, 0.1) is 7.11 Å². The summed E-state index contributed by atoms with van der Waals surface area (Å²) >= 11 is 0. The molecule has 1 aromatic carbocycles. The molecule has 0 aliphatic heterocycles. The maximum Gasteiger partial charge on any atom is 0.244 e. The normalized spacial score (nSPS) is 11.8. The van der Waals surface area contributed by atoms with Crippen LogP contribution in [0.25, 0.3) is 0 Å². The molecule has 0 spiro atoms. The molecule has 0 bridgehead atoms. The summed E-state index contributed by atoms with van der Waals surface area (Å²) in [5.41, 5.74) is 6.08. The van der Waals surface area contributed by atoms with Crippen molar-refractivity contribution in [3.63, 3.8) is 0 Å². The molecule has 1 aromatic rings. The van der Waals surface area contributed by atoms with E-state index in [1.165, 1.54) is 19.2 Å². The largest absolute Gasteiger partial charge is 0.495 e. The quantitative estimate of drug-likeness (QED) is 0.751. The third-order valence-corrected chi connectivity index (χ3v) is 4.66. The summed E-state index contributed by atoms with van der Waals surface area (Å²) in [6.45, 7) is 4.53. The number of anilines is 1. The molecule has 0 heterocycles. The Kier molecular flexibility index (Phi) is 5.62. The lowest BCUT2D eigenvalue weighted by Crippen LogP contribution is -2.29. The number of nitrogen functional groups attached to an aromatic ring is 1. The van der Waals surface area contributed by atoms with Crippen LogP contribution in [-0.2, 0) is 10.0 Å². The highest BCUT2D eigenvalue weighted by atomic mass is 32.2. The van der Waals surface area contributed by atoms with Crippen LogP contribution < -0.4 is 15.2 Å². The van der Waals surface area contributed by atoms with E-state index in [0.29, 0.717) is 18.2 Å². The fourth-order valence-electron chi connectivity index (χ4n) is 1.79. The topological polar surface area (TPSA) is 81.4 Å². The van der Waals surface area contributed by atoms with Gasteiger partial charge in [0.2, 0.25) is 10.0 Å². The molecule has 0 saturated carbocycles. The highest BCUT2D eigenvalue weighted by molar-refractivity contribution is 7.89. The lowest BCUT2D eigenvalue weighted by Gasteiger charge is -2.15. The van der Waals surface area contributed by atoms with Crippen LogP contribution in [0.4, 0.5) is 5.69 Å². The van der Waals surface area contributed by atoms with Crippen LogP contribution in [0, 0.1) is 5.92 Å². The summed E-state index contributed by atoms with van der Waals surface area (Å²) in [5.74, 6) is 0.603. The van der Waals surface area contributed by atoms with Gasteiger partial charge in [-0.05, 0) is 18.1 Å². The molecule has 0 radical (unpaired) electrons. The van der Waals surface area contributed by atoms with E-state index >= 15 is 0 Å². The first-order valence-electron chi connectivity index (χ1n) is 6.37. The lowest BCUT2D eigenvalue weighted by molar-refractivity contribution is 0.402. The molecular weight excluding hydrogens is 264 g/mol. The van der Waals surface area contributed by atoms with Crippen molar-refractivity contribution in [3.8, 4) is 5.75 Å². The van der Waals surface area contributed by atoms with Gasteiger partial charge in [-0.15, -0.1) is 0 Å². The number of nitrogens with two attached hydrogens (primary N) is 1. The first-order valence-corrected chi connectivity index (χ1v) is 7.86. The van der Waals surface area contributed by atoms with Gasteiger partial charge in [-0.25, -0.2) is 13.1 Å². The molecule has 6 heteroatoms. The Morgan fingerprint density at radius 3 is 2.47 bits per heavy atom. The van der Waals surface area contributed by atoms with Crippen molar-refractivity contribution < 1.29 is 13.2 Å². The van der Waals surface area contributed by atoms with Crippen molar-refractivity contribution in [1.82, 2.24) is 4.72 Å². The van der Waals surface area contributed by atoms with Crippen LogP contribution in [0.2, 0.25) is 0 Å². The van der Waals surface area contributed by atoms with E-state index in [4.69, 9.17) is 10.5 Å². The molecule has 0 unspecified atom stereocenters. The zero-order valence-corrected chi connectivity index (χ0v) is 12.5. The van der Waals surface area contributed by atoms with Crippen LogP contribution in [0.1, 0.15) is 26.7 Å². The monoisotopic (exact) mass is 286 g/mol. The molecule has 0 aromatic heterocycles. The molecule has 0 aliphatic carbocycles. The zero-order valence-electron chi connectivity index (χ0n) is 11.6. The Bertz CT molecular complexity index is 511. The van der Waals surface area contributed by atoms with Crippen LogP contribution in [-0.4, -0.2) is 22.1 Å². The van der Waals surface area contributed by atoms with E-state index < -0.39 is 10.0 Å². The number of hydrogen-bond donors (Lipinski definition) is 2. The van der Waals surface area contributed by atoms with Crippen molar-refractivity contribution in [2.24, 2.45) is 5.92 Å². The van der Waals surface area contributed by atoms with Crippen LogP contribution in [0.5, 0.6) is 5.75 Å². The molecule has 108 valence electrons. The molecule has 0 atom stereocenters. The maximum atomic E-state index is 12.2. The minimum Gasteiger partial charge on any atom is -0.495 e. The highest BCUT2D eigenvalue weighted by Gasteiger charge is 2.20. The minimum absolute atomic E-state index is 0.121. The fourth-order valence-corrected chi connectivity index (χ4v) is 3.05. The first kappa shape index (κ1) is 15.8. The van der Waals surface area contributed by atoms with Crippen molar-refractivity contribution in [2.45, 2.75) is 31.6 Å². The van der Waals surface area contributed by atoms with Crippen LogP contribution in [0.3, 0.4) is 0 Å². The number of benzene rings is 1. The van der Waals surface area contributed by atoms with E-state index in [2.05, 4.69) is 4.72 Å². The first-order chi connectivity index (χ1) is 8.94. The van der Waals surface area contributed by atoms with E-state index in [9.17, 15) is 8.42 Å². The minimum atomic E-state index is -3.57. The predicted molar refractivity (Wildman–Crippen MR) is 76.7 cm³/mol. The number of rotatable bonds is 7. The maximum absolute atomic E-state index is 12.2. The molecule has 1 rings (SSSR count). The fraction of sp³-hybridized carbons (Fsp3) is 0.538. The van der Waals surface area contributed by atoms with Gasteiger partial charge in [0, 0.05) is 18.3 Å². The Hall–Kier alpha value is -1.27. The van der Waals surface area contributed by atoms with Crippen LogP contribution >= 0.6 is 0 Å². The second kappa shape index (κ2) is 6.77. The predicted octanol–water partition coefficient (Wildman–Crippen LogP) is 1.99. The number of ether oxygens (including phenoxy) is 1. The van der Waals surface area contributed by atoms with Crippen molar-refractivity contribution >= 4 is 15.7 Å². The molecular formula is C13H22N2O3S. The SMILES string of the molecule is CCC(CC)CNS(=O)(=O)c1ccc(N)cc1OC. The highest BCUT2D eigenvalue weighted by Crippen LogP contribution is 2.26. The average Bonchev–Trinajstić information content (AvgIpc) is 2.39. The Balaban J connectivity index is 2.94. The molecule has 19 heavy (non-hydrogen) atoms. The molecule has 0 aliphatic rings. The van der Waals surface area contributed by atoms with Crippen molar-refractivity contribution in [1.29, 1.82) is 0 Å². The molecule has 5 nitrogen and oxygen atoms in total. The summed E-state index contributed by atoms with van der Waals surface area (Å²) < 4.78 is 32.2. The van der Waals surface area contributed by atoms with E-state index in [1.807, 2.05) is 13.8 Å². The Morgan fingerprint density at radius 2 is 1.95 bits per heavy atom. The van der Waals surface area contributed by atoms with Gasteiger partial charge < -0.3 is 10.5 Å². The van der Waals surface area contributed by atoms with E-state index in [-0.39, 0.29) is 10.6 Å². The molecule has 0 fully saturated rings. The van der Waals surface area contributed by atoms with Crippen molar-refractivity contribution in [3.05, 3.63) is 18.2 Å². The summed E-state index contributed by atoms with van der Waals surface area (Å²) in [4.78, 5) is 0.121. The summed E-state index contributed by atoms with van der Waals surface area (Å²) in [7, 11) is -2.14. The molecule has 0 saturated heterocycles. The molecule has 3 N–H and O–H groups in total.